The highest BCUT2D eigenvalue weighted by molar-refractivity contribution is 7.92. The van der Waals surface area contributed by atoms with Gasteiger partial charge in [-0.15, -0.1) is 0 Å². The van der Waals surface area contributed by atoms with Gasteiger partial charge in [0.2, 0.25) is 5.91 Å². The molecule has 34 heavy (non-hydrogen) atoms. The van der Waals surface area contributed by atoms with E-state index in [0.717, 1.165) is 18.8 Å². The van der Waals surface area contributed by atoms with E-state index in [0.29, 0.717) is 43.5 Å². The Morgan fingerprint density at radius 2 is 1.71 bits per heavy atom. The van der Waals surface area contributed by atoms with Gasteiger partial charge in [0.05, 0.1) is 29.1 Å². The monoisotopic (exact) mass is 496 g/mol. The number of sulfone groups is 1. The van der Waals surface area contributed by atoms with Crippen molar-refractivity contribution in [3.63, 3.8) is 0 Å². The van der Waals surface area contributed by atoms with Gasteiger partial charge in [0.15, 0.2) is 9.84 Å². The van der Waals surface area contributed by atoms with Crippen LogP contribution in [-0.4, -0.2) is 68.1 Å². The van der Waals surface area contributed by atoms with Gasteiger partial charge in [-0.05, 0) is 71.4 Å². The molecule has 0 radical (unpaired) electrons. The van der Waals surface area contributed by atoms with Crippen LogP contribution in [0.25, 0.3) is 0 Å². The molecule has 1 amide bonds. The lowest BCUT2D eigenvalue weighted by molar-refractivity contribution is -0.131. The summed E-state index contributed by atoms with van der Waals surface area (Å²) in [5.74, 6) is -0.159. The van der Waals surface area contributed by atoms with Crippen LogP contribution >= 0.6 is 0 Å². The maximum absolute atomic E-state index is 15.5. The SMILES string of the molecule is CCc1c(N2C[C@@H](C)O[C@@H](C)C2)ccc(CC(=O)N2CCC(CS(=O)(=O)C(C)(C)C)CC2)c1F. The first-order valence-corrected chi connectivity index (χ1v) is 14.2. The lowest BCUT2D eigenvalue weighted by Gasteiger charge is -2.38. The summed E-state index contributed by atoms with van der Waals surface area (Å²) in [5.41, 5.74) is 1.97. The molecule has 0 aromatic heterocycles. The molecule has 8 heteroatoms. The average Bonchev–Trinajstić information content (AvgIpc) is 2.73. The molecule has 2 aliphatic rings. The van der Waals surface area contributed by atoms with E-state index in [1.54, 1.807) is 31.7 Å². The van der Waals surface area contributed by atoms with Gasteiger partial charge in [-0.1, -0.05) is 13.0 Å². The van der Waals surface area contributed by atoms with Crippen LogP contribution < -0.4 is 4.90 Å². The molecule has 1 aromatic carbocycles. The summed E-state index contributed by atoms with van der Waals surface area (Å²) in [6.07, 6.45) is 2.07. The Bertz CT molecular complexity index is 971. The van der Waals surface area contributed by atoms with Crippen molar-refractivity contribution in [2.45, 2.75) is 84.2 Å². The Balaban J connectivity index is 1.64. The van der Waals surface area contributed by atoms with E-state index in [1.165, 1.54) is 0 Å². The molecule has 2 atom stereocenters. The molecule has 0 spiro atoms. The van der Waals surface area contributed by atoms with Crippen LogP contribution in [0.1, 0.15) is 65.5 Å². The molecule has 2 heterocycles. The smallest absolute Gasteiger partial charge is 0.227 e. The number of likely N-dealkylation sites (tertiary alicyclic amines) is 1. The number of benzene rings is 1. The number of morpholine rings is 1. The Labute approximate surface area is 204 Å². The van der Waals surface area contributed by atoms with Gasteiger partial charge in [0.1, 0.15) is 5.82 Å². The summed E-state index contributed by atoms with van der Waals surface area (Å²) in [5, 5.41) is 0. The third-order valence-corrected chi connectivity index (χ3v) is 9.89. The minimum Gasteiger partial charge on any atom is -0.372 e. The van der Waals surface area contributed by atoms with Crippen LogP contribution in [0.5, 0.6) is 0 Å². The Hall–Kier alpha value is -1.67. The van der Waals surface area contributed by atoms with Crippen molar-refractivity contribution in [3.8, 4) is 0 Å². The summed E-state index contributed by atoms with van der Waals surface area (Å²) in [4.78, 5) is 16.9. The zero-order chi connectivity index (χ0) is 25.3. The fraction of sp³-hybridized carbons (Fsp3) is 0.731. The number of amides is 1. The van der Waals surface area contributed by atoms with E-state index < -0.39 is 14.6 Å². The summed E-state index contributed by atoms with van der Waals surface area (Å²) in [7, 11) is -3.18. The highest BCUT2D eigenvalue weighted by atomic mass is 32.2. The van der Waals surface area contributed by atoms with Crippen molar-refractivity contribution in [1.82, 2.24) is 4.90 Å². The fourth-order valence-electron chi connectivity index (χ4n) is 4.99. The molecule has 0 bridgehead atoms. The van der Waals surface area contributed by atoms with Gasteiger partial charge in [0.25, 0.3) is 0 Å². The topological polar surface area (TPSA) is 66.9 Å². The maximum atomic E-state index is 15.5. The van der Waals surface area contributed by atoms with Crippen LogP contribution in [0.2, 0.25) is 0 Å². The highest BCUT2D eigenvalue weighted by Gasteiger charge is 2.34. The maximum Gasteiger partial charge on any atom is 0.227 e. The third-order valence-electron chi connectivity index (χ3n) is 7.11. The Morgan fingerprint density at radius 1 is 1.12 bits per heavy atom. The zero-order valence-electron chi connectivity index (χ0n) is 21.6. The summed E-state index contributed by atoms with van der Waals surface area (Å²) >= 11 is 0. The molecule has 0 saturated carbocycles. The van der Waals surface area contributed by atoms with Crippen LogP contribution in [0.3, 0.4) is 0 Å². The number of carbonyl (C=O) groups is 1. The van der Waals surface area contributed by atoms with Crippen LogP contribution in [0.4, 0.5) is 10.1 Å². The minimum atomic E-state index is -3.18. The largest absolute Gasteiger partial charge is 0.372 e. The number of piperidine rings is 1. The lowest BCUT2D eigenvalue weighted by atomic mass is 9.97. The second-order valence-electron chi connectivity index (χ2n) is 10.9. The van der Waals surface area contributed by atoms with E-state index in [2.05, 4.69) is 4.90 Å². The first-order valence-electron chi connectivity index (χ1n) is 12.5. The molecule has 1 aromatic rings. The van der Waals surface area contributed by atoms with Crippen molar-refractivity contribution >= 4 is 21.4 Å². The Morgan fingerprint density at radius 3 is 2.24 bits per heavy atom. The number of carbonyl (C=O) groups excluding carboxylic acids is 1. The molecular formula is C26H41FN2O4S. The van der Waals surface area contributed by atoms with E-state index in [9.17, 15) is 13.2 Å². The van der Waals surface area contributed by atoms with Gasteiger partial charge in [-0.25, -0.2) is 12.8 Å². The van der Waals surface area contributed by atoms with Gasteiger partial charge in [-0.2, -0.15) is 0 Å². The number of hydrogen-bond donors (Lipinski definition) is 0. The third kappa shape index (κ3) is 6.11. The Kier molecular flexibility index (Phi) is 8.33. The molecule has 6 nitrogen and oxygen atoms in total. The molecular weight excluding hydrogens is 455 g/mol. The first-order chi connectivity index (χ1) is 15.8. The van der Waals surface area contributed by atoms with E-state index in [-0.39, 0.29) is 42.0 Å². The molecule has 0 N–H and O–H groups in total. The second-order valence-corrected chi connectivity index (χ2v) is 13.7. The zero-order valence-corrected chi connectivity index (χ0v) is 22.4. The summed E-state index contributed by atoms with van der Waals surface area (Å²) < 4.78 is 45.6. The first kappa shape index (κ1) is 26.9. The fourth-order valence-corrected chi connectivity index (χ4v) is 6.44. The predicted octanol–water partition coefficient (Wildman–Crippen LogP) is 4.00. The van der Waals surface area contributed by atoms with Crippen molar-refractivity contribution in [1.29, 1.82) is 0 Å². The van der Waals surface area contributed by atoms with Crippen molar-refractivity contribution in [3.05, 3.63) is 29.1 Å². The number of ether oxygens (including phenoxy) is 1. The van der Waals surface area contributed by atoms with E-state index in [4.69, 9.17) is 4.74 Å². The molecule has 0 unspecified atom stereocenters. The summed E-state index contributed by atoms with van der Waals surface area (Å²) in [6, 6.07) is 3.69. The second kappa shape index (κ2) is 10.5. The van der Waals surface area contributed by atoms with E-state index in [1.807, 2.05) is 26.8 Å². The molecule has 2 saturated heterocycles. The quantitative estimate of drug-likeness (QED) is 0.596. The molecule has 3 rings (SSSR count). The van der Waals surface area contributed by atoms with Crippen molar-refractivity contribution in [2.24, 2.45) is 5.92 Å². The van der Waals surface area contributed by atoms with Crippen molar-refractivity contribution in [2.75, 3.05) is 36.8 Å². The number of halogens is 1. The standard InChI is InChI=1S/C26H41FN2O4S/c1-7-22-23(29-15-18(2)33-19(3)16-29)9-8-21(25(22)27)14-24(30)28-12-10-20(11-13-28)17-34(31,32)26(4,5)6/h8-9,18-20H,7,10-17H2,1-6H3/t18-,19+. The number of rotatable bonds is 6. The average molecular weight is 497 g/mol. The van der Waals surface area contributed by atoms with Crippen LogP contribution in [-0.2, 0) is 32.2 Å². The van der Waals surface area contributed by atoms with Crippen LogP contribution in [0.15, 0.2) is 12.1 Å². The number of hydrogen-bond acceptors (Lipinski definition) is 5. The molecule has 0 aliphatic carbocycles. The molecule has 2 fully saturated rings. The van der Waals surface area contributed by atoms with Crippen molar-refractivity contribution < 1.29 is 22.3 Å². The van der Waals surface area contributed by atoms with Gasteiger partial charge < -0.3 is 14.5 Å². The lowest BCUT2D eigenvalue weighted by Crippen LogP contribution is -2.46. The minimum absolute atomic E-state index is 0.0278. The predicted molar refractivity (Wildman–Crippen MR) is 135 cm³/mol. The van der Waals surface area contributed by atoms with Gasteiger partial charge in [-0.3, -0.25) is 4.79 Å². The number of nitrogens with zero attached hydrogens (tertiary/aromatic N) is 2. The van der Waals surface area contributed by atoms with Gasteiger partial charge >= 0.3 is 0 Å². The van der Waals surface area contributed by atoms with Crippen LogP contribution in [0, 0.1) is 11.7 Å². The van der Waals surface area contributed by atoms with Gasteiger partial charge in [0, 0.05) is 37.4 Å². The highest BCUT2D eigenvalue weighted by Crippen LogP contribution is 2.30. The molecule has 192 valence electrons. The van der Waals surface area contributed by atoms with E-state index >= 15 is 4.39 Å². The molecule has 2 aliphatic heterocycles. The normalized spacial score (nSPS) is 22.8. The summed E-state index contributed by atoms with van der Waals surface area (Å²) in [6.45, 7) is 13.7. The number of anilines is 1.